The van der Waals surface area contributed by atoms with Crippen LogP contribution < -0.4 is 0 Å². The van der Waals surface area contributed by atoms with Gasteiger partial charge in [0, 0.05) is 5.41 Å². The predicted molar refractivity (Wildman–Crippen MR) is 129 cm³/mol. The van der Waals surface area contributed by atoms with E-state index in [9.17, 15) is 0 Å². The van der Waals surface area contributed by atoms with E-state index >= 15 is 0 Å². The van der Waals surface area contributed by atoms with E-state index in [0.29, 0.717) is 0 Å². The van der Waals surface area contributed by atoms with Crippen molar-refractivity contribution < 1.29 is 0 Å². The molecule has 0 amide bonds. The molecule has 1 aliphatic carbocycles. The van der Waals surface area contributed by atoms with Gasteiger partial charge in [-0.1, -0.05) is 104 Å². The third-order valence-corrected chi connectivity index (χ3v) is 6.89. The van der Waals surface area contributed by atoms with Crippen LogP contribution in [0.1, 0.15) is 30.5 Å². The van der Waals surface area contributed by atoms with Crippen LogP contribution in [0.15, 0.2) is 91.0 Å². The smallest absolute Gasteiger partial charge is 0.0165 e. The molecule has 0 aromatic heterocycles. The summed E-state index contributed by atoms with van der Waals surface area (Å²) in [5.74, 6) is 0. The number of benzene rings is 5. The Morgan fingerprint density at radius 2 is 1.23 bits per heavy atom. The second kappa shape index (κ2) is 6.06. The van der Waals surface area contributed by atoms with Gasteiger partial charge in [-0.3, -0.25) is 0 Å². The zero-order valence-electron chi connectivity index (χ0n) is 17.7. The van der Waals surface area contributed by atoms with Crippen LogP contribution in [0.2, 0.25) is 0 Å². The third-order valence-electron chi connectivity index (χ3n) is 6.89. The highest BCUT2D eigenvalue weighted by Gasteiger charge is 2.36. The Morgan fingerprint density at radius 1 is 0.533 bits per heavy atom. The van der Waals surface area contributed by atoms with E-state index < -0.39 is 0 Å². The molecule has 0 radical (unpaired) electrons. The molecule has 0 aliphatic heterocycles. The maximum atomic E-state index is 2.44. The first-order valence-corrected chi connectivity index (χ1v) is 10.7. The molecule has 0 spiro atoms. The Labute approximate surface area is 177 Å². The molecule has 6 rings (SSSR count). The first-order valence-electron chi connectivity index (χ1n) is 10.7. The van der Waals surface area contributed by atoms with E-state index in [-0.39, 0.29) is 5.41 Å². The van der Waals surface area contributed by atoms with Crippen LogP contribution in [0.25, 0.3) is 43.8 Å². The van der Waals surface area contributed by atoms with Crippen LogP contribution in [0.4, 0.5) is 0 Å². The number of hydrogen-bond acceptors (Lipinski definition) is 0. The molecule has 144 valence electrons. The van der Waals surface area contributed by atoms with Crippen molar-refractivity contribution in [2.75, 3.05) is 0 Å². The lowest BCUT2D eigenvalue weighted by molar-refractivity contribution is 0.666. The summed E-state index contributed by atoms with van der Waals surface area (Å²) in [5, 5.41) is 5.40. The molecule has 5 aromatic carbocycles. The highest BCUT2D eigenvalue weighted by molar-refractivity contribution is 6.16. The van der Waals surface area contributed by atoms with E-state index in [4.69, 9.17) is 0 Å². The Kier molecular flexibility index (Phi) is 3.53. The summed E-state index contributed by atoms with van der Waals surface area (Å²) in [6, 6.07) is 33.7. The molecule has 0 N–H and O–H groups in total. The van der Waals surface area contributed by atoms with Crippen LogP contribution in [0.5, 0.6) is 0 Å². The number of aryl methyl sites for hydroxylation is 1. The van der Waals surface area contributed by atoms with Gasteiger partial charge in [0.1, 0.15) is 0 Å². The molecule has 0 heteroatoms. The minimum Gasteiger partial charge on any atom is -0.0622 e. The average Bonchev–Trinajstić information content (AvgIpc) is 3.01. The van der Waals surface area contributed by atoms with Crippen molar-refractivity contribution in [2.24, 2.45) is 0 Å². The van der Waals surface area contributed by atoms with Crippen LogP contribution in [0.3, 0.4) is 0 Å². The quantitative estimate of drug-likeness (QED) is 0.255. The van der Waals surface area contributed by atoms with Crippen molar-refractivity contribution in [3.05, 3.63) is 108 Å². The summed E-state index contributed by atoms with van der Waals surface area (Å²) in [7, 11) is 0. The van der Waals surface area contributed by atoms with Crippen molar-refractivity contribution in [3.63, 3.8) is 0 Å². The van der Waals surface area contributed by atoms with Gasteiger partial charge in [-0.15, -0.1) is 0 Å². The van der Waals surface area contributed by atoms with E-state index in [1.54, 1.807) is 0 Å². The summed E-state index contributed by atoms with van der Waals surface area (Å²) >= 11 is 0. The van der Waals surface area contributed by atoms with Gasteiger partial charge < -0.3 is 0 Å². The van der Waals surface area contributed by atoms with E-state index in [1.165, 1.54) is 60.5 Å². The average molecular weight is 385 g/mol. The summed E-state index contributed by atoms with van der Waals surface area (Å²) in [5.41, 5.74) is 9.53. The van der Waals surface area contributed by atoms with Crippen LogP contribution in [0, 0.1) is 6.92 Å². The fourth-order valence-corrected chi connectivity index (χ4v) is 5.49. The van der Waals surface area contributed by atoms with Gasteiger partial charge in [-0.05, 0) is 67.9 Å². The summed E-state index contributed by atoms with van der Waals surface area (Å²) in [6.45, 7) is 6.93. The molecule has 0 unspecified atom stereocenters. The van der Waals surface area contributed by atoms with Crippen molar-refractivity contribution in [1.82, 2.24) is 0 Å². The zero-order valence-corrected chi connectivity index (χ0v) is 17.7. The summed E-state index contributed by atoms with van der Waals surface area (Å²) < 4.78 is 0. The molecule has 0 saturated carbocycles. The Bertz CT molecular complexity index is 1450. The molecule has 0 bridgehead atoms. The topological polar surface area (TPSA) is 0 Å². The van der Waals surface area contributed by atoms with Crippen LogP contribution in [-0.4, -0.2) is 0 Å². The standard InChI is InChI=1S/C30H24/c1-19-13-14-21-22-15-16-24-23-11-7-8-12-28(23)30(2,3)29(24)27(22)18-25(26(21)17-19)20-9-5-4-6-10-20/h4-18H,1-3H3. The van der Waals surface area contributed by atoms with Gasteiger partial charge in [-0.2, -0.15) is 0 Å². The minimum atomic E-state index is -0.0161. The van der Waals surface area contributed by atoms with Gasteiger partial charge in [-0.25, -0.2) is 0 Å². The van der Waals surface area contributed by atoms with Crippen molar-refractivity contribution in [2.45, 2.75) is 26.2 Å². The monoisotopic (exact) mass is 384 g/mol. The normalized spacial score (nSPS) is 14.1. The molecule has 1 aliphatic rings. The molecule has 30 heavy (non-hydrogen) atoms. The minimum absolute atomic E-state index is 0.0161. The van der Waals surface area contributed by atoms with Crippen LogP contribution in [-0.2, 0) is 5.41 Å². The molecule has 0 atom stereocenters. The van der Waals surface area contributed by atoms with Crippen molar-refractivity contribution >= 4 is 21.5 Å². The second-order valence-electron chi connectivity index (χ2n) is 9.09. The van der Waals surface area contributed by atoms with Gasteiger partial charge in [0.25, 0.3) is 0 Å². The predicted octanol–water partition coefficient (Wildman–Crippen LogP) is 8.27. The summed E-state index contributed by atoms with van der Waals surface area (Å²) in [6.07, 6.45) is 0. The third kappa shape index (κ3) is 2.28. The fraction of sp³-hybridized carbons (Fsp3) is 0.133. The molecule has 5 aromatic rings. The second-order valence-corrected chi connectivity index (χ2v) is 9.09. The highest BCUT2D eigenvalue weighted by atomic mass is 14.4. The lowest BCUT2D eigenvalue weighted by Gasteiger charge is -2.24. The maximum absolute atomic E-state index is 2.44. The molecule has 0 fully saturated rings. The fourth-order valence-electron chi connectivity index (χ4n) is 5.49. The van der Waals surface area contributed by atoms with Gasteiger partial charge >= 0.3 is 0 Å². The number of hydrogen-bond donors (Lipinski definition) is 0. The zero-order chi connectivity index (χ0) is 20.5. The van der Waals surface area contributed by atoms with Crippen molar-refractivity contribution in [3.8, 4) is 22.3 Å². The Balaban J connectivity index is 1.80. The van der Waals surface area contributed by atoms with E-state index in [2.05, 4.69) is 112 Å². The lowest BCUT2D eigenvalue weighted by Crippen LogP contribution is -2.15. The van der Waals surface area contributed by atoms with Gasteiger partial charge in [0.2, 0.25) is 0 Å². The maximum Gasteiger partial charge on any atom is 0.0165 e. The van der Waals surface area contributed by atoms with E-state index in [0.717, 1.165) is 0 Å². The number of fused-ring (bicyclic) bond motifs is 7. The lowest BCUT2D eigenvalue weighted by atomic mass is 9.79. The largest absolute Gasteiger partial charge is 0.0622 e. The van der Waals surface area contributed by atoms with E-state index in [1.807, 2.05) is 0 Å². The molecule has 0 heterocycles. The molecule has 0 saturated heterocycles. The van der Waals surface area contributed by atoms with Crippen molar-refractivity contribution in [1.29, 1.82) is 0 Å². The summed E-state index contributed by atoms with van der Waals surface area (Å²) in [4.78, 5) is 0. The van der Waals surface area contributed by atoms with Gasteiger partial charge in [0.15, 0.2) is 0 Å². The van der Waals surface area contributed by atoms with Crippen LogP contribution >= 0.6 is 0 Å². The number of rotatable bonds is 1. The molecular formula is C30H24. The first kappa shape index (κ1) is 17.5. The molecule has 0 nitrogen and oxygen atoms in total. The molecular weight excluding hydrogens is 360 g/mol. The Hall–Kier alpha value is -3.38. The highest BCUT2D eigenvalue weighted by Crippen LogP contribution is 2.52. The Morgan fingerprint density at radius 3 is 2.07 bits per heavy atom. The van der Waals surface area contributed by atoms with Gasteiger partial charge in [0.05, 0.1) is 0 Å². The SMILES string of the molecule is Cc1ccc2c(c1)c(-c1ccccc1)cc1c3c(ccc12)-c1ccccc1C3(C)C. The first-order chi connectivity index (χ1) is 14.6.